The lowest BCUT2D eigenvalue weighted by atomic mass is 10.2. The first-order valence-electron chi connectivity index (χ1n) is 17.6. The highest BCUT2D eigenvalue weighted by molar-refractivity contribution is 7.47. The number of esters is 1. The lowest BCUT2D eigenvalue weighted by Gasteiger charge is -2.18. The van der Waals surface area contributed by atoms with E-state index in [1.165, 1.54) is 0 Å². The van der Waals surface area contributed by atoms with Crippen molar-refractivity contribution in [3.05, 3.63) is 85.1 Å². The number of phosphoric acid groups is 1. The van der Waals surface area contributed by atoms with Crippen LogP contribution in [0.3, 0.4) is 0 Å². The van der Waals surface area contributed by atoms with E-state index in [4.69, 9.17) is 4.74 Å². The molecule has 3 atom stereocenters. The number of carboxylic acids is 1. The normalized spacial score (nSPS) is 15.0. The molecule has 0 aliphatic carbocycles. The van der Waals surface area contributed by atoms with Gasteiger partial charge in [0.05, 0.1) is 13.2 Å². The van der Waals surface area contributed by atoms with E-state index in [0.29, 0.717) is 19.3 Å². The van der Waals surface area contributed by atoms with E-state index in [0.717, 1.165) is 57.8 Å². The van der Waals surface area contributed by atoms with Gasteiger partial charge in [0.15, 0.2) is 6.04 Å². The van der Waals surface area contributed by atoms with Crippen LogP contribution in [0.15, 0.2) is 85.1 Å². The van der Waals surface area contributed by atoms with Crippen LogP contribution in [0, 0.1) is 0 Å². The molecule has 0 aliphatic heterocycles. The van der Waals surface area contributed by atoms with Crippen LogP contribution in [-0.4, -0.2) is 64.9 Å². The summed E-state index contributed by atoms with van der Waals surface area (Å²) in [6.07, 6.45) is 38.9. The highest BCUT2D eigenvalue weighted by atomic mass is 31.2. The zero-order valence-corrected chi connectivity index (χ0v) is 30.8. The van der Waals surface area contributed by atoms with Crippen LogP contribution in [-0.2, 0) is 32.7 Å². The van der Waals surface area contributed by atoms with E-state index in [1.54, 1.807) is 0 Å². The molecule has 0 aromatic heterocycles. The molecule has 0 radical (unpaired) electrons. The van der Waals surface area contributed by atoms with E-state index < -0.39 is 57.6 Å². The number of carbonyl (C=O) groups excluding carboxylic acids is 2. The molecule has 0 aromatic carbocycles. The monoisotopic (exact) mass is 721 g/mol. The maximum atomic E-state index is 12.1. The molecule has 1 amide bonds. The Morgan fingerprint density at radius 3 is 1.62 bits per heavy atom. The van der Waals surface area contributed by atoms with E-state index >= 15 is 0 Å². The van der Waals surface area contributed by atoms with Gasteiger partial charge in [0, 0.05) is 12.8 Å². The van der Waals surface area contributed by atoms with Crippen LogP contribution >= 0.6 is 7.82 Å². The van der Waals surface area contributed by atoms with Crippen molar-refractivity contribution in [2.24, 2.45) is 0 Å². The predicted molar refractivity (Wildman–Crippen MR) is 198 cm³/mol. The third-order valence-electron chi connectivity index (χ3n) is 6.70. The molecule has 0 aromatic rings. The predicted octanol–water partition coefficient (Wildman–Crippen LogP) is 7.99. The van der Waals surface area contributed by atoms with Crippen LogP contribution in [0.5, 0.6) is 0 Å². The molecule has 0 heterocycles. The Labute approximate surface area is 299 Å². The van der Waals surface area contributed by atoms with Gasteiger partial charge >= 0.3 is 19.8 Å². The number of hydrogen-bond donors (Lipinski definition) is 4. The number of phosphoric ester groups is 1. The summed E-state index contributed by atoms with van der Waals surface area (Å²) in [6, 6.07) is -1.55. The number of carbonyl (C=O) groups is 3. The van der Waals surface area contributed by atoms with Crippen molar-refractivity contribution in [1.29, 1.82) is 0 Å². The van der Waals surface area contributed by atoms with Crippen LogP contribution in [0.25, 0.3) is 0 Å². The molecule has 0 rings (SSSR count). The van der Waals surface area contributed by atoms with Crippen LogP contribution in [0.2, 0.25) is 0 Å². The number of nitrogens with one attached hydrogen (secondary N) is 1. The average Bonchev–Trinajstić information content (AvgIpc) is 3.08. The van der Waals surface area contributed by atoms with Gasteiger partial charge in [-0.1, -0.05) is 112 Å². The Bertz CT molecular complexity index is 1170. The number of aliphatic hydroxyl groups is 1. The lowest BCUT2D eigenvalue weighted by molar-refractivity contribution is -0.147. The molecule has 12 heteroatoms. The van der Waals surface area contributed by atoms with Crippen LogP contribution < -0.4 is 5.32 Å². The average molecular weight is 722 g/mol. The summed E-state index contributed by atoms with van der Waals surface area (Å²) >= 11 is 0. The second-order valence-corrected chi connectivity index (χ2v) is 12.8. The van der Waals surface area contributed by atoms with Gasteiger partial charge < -0.3 is 25.2 Å². The number of ether oxygens (including phenoxy) is 1. The van der Waals surface area contributed by atoms with Gasteiger partial charge in [-0.3, -0.25) is 18.6 Å². The Hall–Kier alpha value is -3.34. The van der Waals surface area contributed by atoms with Gasteiger partial charge in [-0.15, -0.1) is 0 Å². The Kier molecular flexibility index (Phi) is 30.6. The molecule has 3 unspecified atom stereocenters. The smallest absolute Gasteiger partial charge is 0.472 e. The van der Waals surface area contributed by atoms with Crippen molar-refractivity contribution in [2.75, 3.05) is 19.8 Å². The van der Waals surface area contributed by atoms with E-state index in [-0.39, 0.29) is 12.8 Å². The van der Waals surface area contributed by atoms with E-state index in [2.05, 4.69) is 94.2 Å². The van der Waals surface area contributed by atoms with Crippen molar-refractivity contribution >= 4 is 25.7 Å². The third-order valence-corrected chi connectivity index (χ3v) is 7.65. The molecule has 0 bridgehead atoms. The Balaban J connectivity index is 3.97. The second kappa shape index (κ2) is 32.8. The number of carboxylic acid groups (broad SMARTS) is 1. The van der Waals surface area contributed by atoms with Gasteiger partial charge in [0.1, 0.15) is 12.7 Å². The van der Waals surface area contributed by atoms with Gasteiger partial charge in [0.25, 0.3) is 0 Å². The van der Waals surface area contributed by atoms with Gasteiger partial charge in [-0.25, -0.2) is 9.36 Å². The molecular weight excluding hydrogens is 661 g/mol. The molecule has 0 aliphatic rings. The number of allylic oxidation sites excluding steroid dienone is 14. The summed E-state index contributed by atoms with van der Waals surface area (Å²) in [4.78, 5) is 44.9. The van der Waals surface area contributed by atoms with Gasteiger partial charge in [0.2, 0.25) is 5.91 Å². The quantitative estimate of drug-likeness (QED) is 0.0238. The summed E-state index contributed by atoms with van der Waals surface area (Å²) < 4.78 is 26.4. The SMILES string of the molecule is CC/C=C\C/C=C\C/C=C\C/C=C\C/C=C\C/C=C\C/C=C\CCCC(=O)OCC(O)COP(=O)(O)OCC(NC(=O)CCCCC)C(=O)O. The lowest BCUT2D eigenvalue weighted by Crippen LogP contribution is -2.43. The highest BCUT2D eigenvalue weighted by Crippen LogP contribution is 2.43. The molecule has 0 spiro atoms. The largest absolute Gasteiger partial charge is 0.480 e. The molecule has 4 N–H and O–H groups in total. The molecule has 0 saturated carbocycles. The second-order valence-electron chi connectivity index (χ2n) is 11.3. The number of amides is 1. The van der Waals surface area contributed by atoms with Crippen molar-refractivity contribution in [3.63, 3.8) is 0 Å². The minimum atomic E-state index is -4.75. The van der Waals surface area contributed by atoms with Crippen molar-refractivity contribution in [1.82, 2.24) is 5.32 Å². The fourth-order valence-corrected chi connectivity index (χ4v) is 4.72. The van der Waals surface area contributed by atoms with Crippen molar-refractivity contribution in [2.45, 2.75) is 116 Å². The summed E-state index contributed by atoms with van der Waals surface area (Å²) in [5, 5.41) is 21.4. The molecule has 11 nitrogen and oxygen atoms in total. The fourth-order valence-electron chi connectivity index (χ4n) is 3.95. The first-order chi connectivity index (χ1) is 24.1. The van der Waals surface area contributed by atoms with Crippen LogP contribution in [0.1, 0.15) is 104 Å². The minimum Gasteiger partial charge on any atom is -0.480 e. The maximum Gasteiger partial charge on any atom is 0.472 e. The van der Waals surface area contributed by atoms with Gasteiger partial charge in [-0.2, -0.15) is 0 Å². The summed E-state index contributed by atoms with van der Waals surface area (Å²) in [7, 11) is -4.75. The number of aliphatic carboxylic acids is 1. The number of rotatable bonds is 31. The molecular formula is C38H60NO10P. The van der Waals surface area contributed by atoms with Crippen molar-refractivity contribution < 1.29 is 47.8 Å². The minimum absolute atomic E-state index is 0.123. The topological polar surface area (TPSA) is 169 Å². The number of unbranched alkanes of at least 4 members (excludes halogenated alkanes) is 3. The zero-order valence-electron chi connectivity index (χ0n) is 29.9. The zero-order chi connectivity index (χ0) is 37.1. The van der Waals surface area contributed by atoms with E-state index in [9.17, 15) is 34.1 Å². The highest BCUT2D eigenvalue weighted by Gasteiger charge is 2.28. The van der Waals surface area contributed by atoms with Crippen LogP contribution in [0.4, 0.5) is 0 Å². The standard InChI is InChI=1S/C38H60NO10P/c1-3-5-7-8-9-10-11-12-13-14-15-16-17-18-19-20-21-22-23-24-25-26-28-30-37(42)47-31-34(40)32-48-50(45,46)49-33-35(38(43)44)39-36(41)29-27-6-4-2/h5,7,9-10,12-13,15-16,18-19,21-22,24-25,34-35,40H,3-4,6,8,11,14,17,20,23,26-33H2,1-2H3,(H,39,41)(H,43,44)(H,45,46)/b7-5-,10-9-,13-12-,16-15-,19-18-,22-21-,25-24-. The molecule has 282 valence electrons. The molecule has 0 saturated heterocycles. The fraction of sp³-hybridized carbons (Fsp3) is 0.553. The first-order valence-corrected chi connectivity index (χ1v) is 19.1. The number of hydrogen-bond acceptors (Lipinski definition) is 8. The van der Waals surface area contributed by atoms with E-state index in [1.807, 2.05) is 19.1 Å². The Morgan fingerprint density at radius 1 is 0.660 bits per heavy atom. The Morgan fingerprint density at radius 2 is 1.14 bits per heavy atom. The molecule has 0 fully saturated rings. The summed E-state index contributed by atoms with van der Waals surface area (Å²) in [6.45, 7) is 2.13. The first kappa shape index (κ1) is 46.7. The number of aliphatic hydroxyl groups excluding tert-OH is 1. The maximum absolute atomic E-state index is 12.1. The molecule has 50 heavy (non-hydrogen) atoms. The van der Waals surface area contributed by atoms with Crippen molar-refractivity contribution in [3.8, 4) is 0 Å². The summed E-state index contributed by atoms with van der Waals surface area (Å²) in [5.41, 5.74) is 0. The third kappa shape index (κ3) is 31.9. The van der Waals surface area contributed by atoms with Gasteiger partial charge in [-0.05, 0) is 64.2 Å². The summed E-state index contributed by atoms with van der Waals surface area (Å²) in [5.74, 6) is -2.49.